The van der Waals surface area contributed by atoms with E-state index in [-0.39, 0.29) is 44.8 Å². The Morgan fingerprint density at radius 1 is 1.07 bits per heavy atom. The van der Waals surface area contributed by atoms with E-state index in [1.807, 2.05) is 0 Å². The fourth-order valence-corrected chi connectivity index (χ4v) is 7.69. The lowest BCUT2D eigenvalue weighted by atomic mass is 9.95. The van der Waals surface area contributed by atoms with E-state index < -0.39 is 52.0 Å². The minimum Gasteiger partial charge on any atom is -0.496 e. The highest BCUT2D eigenvalue weighted by molar-refractivity contribution is 7.89. The van der Waals surface area contributed by atoms with Gasteiger partial charge in [0.25, 0.3) is 0 Å². The number of carbonyl (C=O) groups is 2. The lowest BCUT2D eigenvalue weighted by Gasteiger charge is -2.34. The van der Waals surface area contributed by atoms with Crippen LogP contribution in [0.5, 0.6) is 11.5 Å². The predicted molar refractivity (Wildman–Crippen MR) is 156 cm³/mol. The molecule has 0 saturated carbocycles. The standard InChI is InChI=1S/C29H27Cl2F3N2O7S/c1-28(11-4-12-36(28)44(40,41)21-14-19(30)13-20(31)15-21)27(39)35-22(16-25(37)38)17-7-9-18(10-8-17)26-23(42-2)5-3-6-24(26)43-29(32,33)34/h3,5-10,13-15,22H,4,11-12,16H2,1-2H3,(H,35,39)(H,37,38)/t22-,28+/m1/s1. The maximum atomic E-state index is 13.7. The molecular formula is C29H27Cl2F3N2O7S. The monoisotopic (exact) mass is 674 g/mol. The van der Waals surface area contributed by atoms with Gasteiger partial charge in [0.2, 0.25) is 15.9 Å². The van der Waals surface area contributed by atoms with Crippen molar-refractivity contribution in [3.63, 3.8) is 0 Å². The molecule has 0 spiro atoms. The molecule has 44 heavy (non-hydrogen) atoms. The van der Waals surface area contributed by atoms with Crippen molar-refractivity contribution in [1.29, 1.82) is 0 Å². The summed E-state index contributed by atoms with van der Waals surface area (Å²) in [5.41, 5.74) is -0.981. The maximum absolute atomic E-state index is 13.7. The Hall–Kier alpha value is -3.52. The van der Waals surface area contributed by atoms with Crippen molar-refractivity contribution >= 4 is 45.1 Å². The molecule has 2 atom stereocenters. The van der Waals surface area contributed by atoms with Crippen molar-refractivity contribution in [2.45, 2.75) is 49.0 Å². The molecule has 0 bridgehead atoms. The summed E-state index contributed by atoms with van der Waals surface area (Å²) < 4.78 is 76.8. The molecule has 3 aromatic rings. The molecule has 0 radical (unpaired) electrons. The Morgan fingerprint density at radius 2 is 1.68 bits per heavy atom. The molecule has 3 aromatic carbocycles. The van der Waals surface area contributed by atoms with Gasteiger partial charge in [0.05, 0.1) is 30.0 Å². The number of hydrogen-bond donors (Lipinski definition) is 2. The van der Waals surface area contributed by atoms with E-state index in [9.17, 15) is 36.3 Å². The van der Waals surface area contributed by atoms with Gasteiger partial charge in [0.1, 0.15) is 17.0 Å². The largest absolute Gasteiger partial charge is 0.573 e. The molecule has 15 heteroatoms. The number of aliphatic carboxylic acids is 1. The summed E-state index contributed by atoms with van der Waals surface area (Å²) >= 11 is 12.0. The van der Waals surface area contributed by atoms with Gasteiger partial charge in [-0.1, -0.05) is 53.5 Å². The summed E-state index contributed by atoms with van der Waals surface area (Å²) in [7, 11) is -2.95. The van der Waals surface area contributed by atoms with Gasteiger partial charge in [0.15, 0.2) is 0 Å². The number of rotatable bonds is 10. The second-order valence-electron chi connectivity index (χ2n) is 10.2. The van der Waals surface area contributed by atoms with E-state index in [2.05, 4.69) is 10.1 Å². The average Bonchev–Trinajstić information content (AvgIpc) is 3.34. The smallest absolute Gasteiger partial charge is 0.496 e. The van der Waals surface area contributed by atoms with E-state index in [4.69, 9.17) is 27.9 Å². The number of benzene rings is 3. The Labute approximate surface area is 261 Å². The molecule has 9 nitrogen and oxygen atoms in total. The molecule has 1 amide bonds. The van der Waals surface area contributed by atoms with Crippen LogP contribution in [-0.4, -0.2) is 55.3 Å². The highest BCUT2D eigenvalue weighted by Crippen LogP contribution is 2.41. The molecule has 1 saturated heterocycles. The zero-order valence-corrected chi connectivity index (χ0v) is 25.6. The Balaban J connectivity index is 1.65. The highest BCUT2D eigenvalue weighted by Gasteiger charge is 2.50. The number of carboxylic acid groups (broad SMARTS) is 1. The minimum atomic E-state index is -4.96. The molecule has 0 unspecified atom stereocenters. The summed E-state index contributed by atoms with van der Waals surface area (Å²) in [5.74, 6) is -2.38. The summed E-state index contributed by atoms with van der Waals surface area (Å²) in [5, 5.41) is 12.5. The van der Waals surface area contributed by atoms with Crippen LogP contribution in [0.4, 0.5) is 13.2 Å². The molecule has 2 N–H and O–H groups in total. The molecule has 4 rings (SSSR count). The first-order chi connectivity index (χ1) is 20.5. The third kappa shape index (κ3) is 7.23. The Morgan fingerprint density at radius 3 is 2.25 bits per heavy atom. The van der Waals surface area contributed by atoms with Crippen LogP contribution in [0.1, 0.15) is 37.8 Å². The van der Waals surface area contributed by atoms with Gasteiger partial charge in [-0.2, -0.15) is 4.31 Å². The fourth-order valence-electron chi connectivity index (χ4n) is 5.15. The number of nitrogens with one attached hydrogen (secondary N) is 1. The topological polar surface area (TPSA) is 122 Å². The summed E-state index contributed by atoms with van der Waals surface area (Å²) in [6.45, 7) is 1.47. The summed E-state index contributed by atoms with van der Waals surface area (Å²) in [4.78, 5) is 25.3. The lowest BCUT2D eigenvalue weighted by Crippen LogP contribution is -2.55. The average molecular weight is 676 g/mol. The zero-order chi connectivity index (χ0) is 32.4. The number of methoxy groups -OCH3 is 1. The lowest BCUT2D eigenvalue weighted by molar-refractivity contribution is -0.274. The van der Waals surface area contributed by atoms with Crippen LogP contribution >= 0.6 is 23.2 Å². The van der Waals surface area contributed by atoms with Gasteiger partial charge >= 0.3 is 12.3 Å². The van der Waals surface area contributed by atoms with E-state index in [0.717, 1.165) is 10.4 Å². The van der Waals surface area contributed by atoms with Crippen LogP contribution in [0.15, 0.2) is 65.6 Å². The quantitative estimate of drug-likeness (QED) is 0.254. The van der Waals surface area contributed by atoms with Crippen molar-refractivity contribution < 1.29 is 45.8 Å². The third-order valence-electron chi connectivity index (χ3n) is 7.21. The van der Waals surface area contributed by atoms with Gasteiger partial charge in [0, 0.05) is 16.6 Å². The van der Waals surface area contributed by atoms with Gasteiger partial charge in [-0.3, -0.25) is 9.59 Å². The van der Waals surface area contributed by atoms with Gasteiger partial charge in [-0.15, -0.1) is 13.2 Å². The van der Waals surface area contributed by atoms with Gasteiger partial charge in [-0.25, -0.2) is 8.42 Å². The SMILES string of the molecule is COc1cccc(OC(F)(F)F)c1-c1ccc([C@@H](CC(=O)O)NC(=O)[C@]2(C)CCCN2S(=O)(=O)c2cc(Cl)cc(Cl)c2)cc1. The van der Waals surface area contributed by atoms with Crippen molar-refractivity contribution in [2.24, 2.45) is 0 Å². The van der Waals surface area contributed by atoms with Crippen LogP contribution < -0.4 is 14.8 Å². The molecule has 236 valence electrons. The minimum absolute atomic E-state index is 0.0122. The number of sulfonamides is 1. The predicted octanol–water partition coefficient (Wildman–Crippen LogP) is 6.44. The summed E-state index contributed by atoms with van der Waals surface area (Å²) in [6, 6.07) is 12.4. The molecular weight excluding hydrogens is 648 g/mol. The van der Waals surface area contributed by atoms with E-state index >= 15 is 0 Å². The zero-order valence-electron chi connectivity index (χ0n) is 23.3. The molecule has 1 fully saturated rings. The van der Waals surface area contributed by atoms with Crippen LogP contribution in [-0.2, 0) is 19.6 Å². The van der Waals surface area contributed by atoms with E-state index in [1.165, 1.54) is 68.6 Å². The molecule has 0 aliphatic carbocycles. The van der Waals surface area contributed by atoms with Crippen molar-refractivity contribution in [3.8, 4) is 22.6 Å². The van der Waals surface area contributed by atoms with Crippen LogP contribution in [0, 0.1) is 0 Å². The van der Waals surface area contributed by atoms with E-state index in [0.29, 0.717) is 12.0 Å². The molecule has 0 aromatic heterocycles. The third-order valence-corrected chi connectivity index (χ3v) is 9.64. The number of amides is 1. The number of nitrogens with zero attached hydrogens (tertiary/aromatic N) is 1. The number of halogens is 5. The Bertz CT molecular complexity index is 1650. The van der Waals surface area contributed by atoms with Gasteiger partial charge in [-0.05, 0) is 61.2 Å². The number of hydrogen-bond acceptors (Lipinski definition) is 6. The molecule has 1 heterocycles. The van der Waals surface area contributed by atoms with Gasteiger partial charge < -0.3 is 19.9 Å². The molecule has 1 aliphatic rings. The normalized spacial score (nSPS) is 18.1. The highest BCUT2D eigenvalue weighted by atomic mass is 35.5. The second-order valence-corrected chi connectivity index (χ2v) is 12.9. The summed E-state index contributed by atoms with van der Waals surface area (Å²) in [6.07, 6.45) is -5.01. The van der Waals surface area contributed by atoms with E-state index in [1.54, 1.807) is 0 Å². The van der Waals surface area contributed by atoms with Crippen LogP contribution in [0.25, 0.3) is 11.1 Å². The second kappa shape index (κ2) is 12.8. The first kappa shape index (κ1) is 33.4. The first-order valence-corrected chi connectivity index (χ1v) is 15.3. The number of ether oxygens (including phenoxy) is 2. The van der Waals surface area contributed by atoms with Crippen molar-refractivity contribution in [3.05, 3.63) is 76.3 Å². The first-order valence-electron chi connectivity index (χ1n) is 13.1. The Kier molecular flexibility index (Phi) is 9.74. The van der Waals surface area contributed by atoms with Crippen molar-refractivity contribution in [2.75, 3.05) is 13.7 Å². The number of carboxylic acids is 1. The fraction of sp³-hybridized carbons (Fsp3) is 0.310. The van der Waals surface area contributed by atoms with Crippen LogP contribution in [0.2, 0.25) is 10.0 Å². The molecule has 1 aliphatic heterocycles. The van der Waals surface area contributed by atoms with Crippen molar-refractivity contribution in [1.82, 2.24) is 9.62 Å². The number of carbonyl (C=O) groups excluding carboxylic acids is 1. The number of alkyl halides is 3. The maximum Gasteiger partial charge on any atom is 0.573 e. The van der Waals surface area contributed by atoms with Crippen LogP contribution in [0.3, 0.4) is 0 Å².